The molecular formula is C16H28O3Si2. The van der Waals surface area contributed by atoms with Gasteiger partial charge in [-0.3, -0.25) is 0 Å². The maximum absolute atomic E-state index is 9.60. The summed E-state index contributed by atoms with van der Waals surface area (Å²) in [6, 6.07) is 7.78. The van der Waals surface area contributed by atoms with Crippen LogP contribution in [-0.4, -0.2) is 29.6 Å². The minimum absolute atomic E-state index is 0.198. The fraction of sp³-hybridized carbons (Fsp3) is 0.500. The predicted molar refractivity (Wildman–Crippen MR) is 94.4 cm³/mol. The number of methoxy groups -OCH3 is 1. The standard InChI is InChI=1S/C16H28O3Si2/c1-6-11-20(3)19-21(4,5)12-7-8-14-9-10-15(17)16(13-14)18-2/h6,9-10,13,17,20H,1,7-8,11-12H2,2-5H3. The zero-order valence-corrected chi connectivity index (χ0v) is 15.8. The first kappa shape index (κ1) is 18.0. The number of benzene rings is 1. The summed E-state index contributed by atoms with van der Waals surface area (Å²) in [7, 11) is -1.05. The van der Waals surface area contributed by atoms with Gasteiger partial charge in [0, 0.05) is 0 Å². The lowest BCUT2D eigenvalue weighted by Gasteiger charge is -2.27. The Hall–Kier alpha value is -1.05. The largest absolute Gasteiger partial charge is 0.504 e. The van der Waals surface area contributed by atoms with Crippen molar-refractivity contribution in [2.24, 2.45) is 0 Å². The molecule has 0 saturated carbocycles. The normalized spacial score (nSPS) is 13.0. The van der Waals surface area contributed by atoms with E-state index in [9.17, 15) is 5.11 Å². The van der Waals surface area contributed by atoms with Crippen LogP contribution in [0.1, 0.15) is 12.0 Å². The van der Waals surface area contributed by atoms with Gasteiger partial charge in [0.15, 0.2) is 28.9 Å². The highest BCUT2D eigenvalue weighted by molar-refractivity contribution is 6.78. The molecule has 0 aliphatic heterocycles. The Morgan fingerprint density at radius 2 is 2.10 bits per heavy atom. The van der Waals surface area contributed by atoms with Crippen molar-refractivity contribution in [3.05, 3.63) is 36.4 Å². The summed E-state index contributed by atoms with van der Waals surface area (Å²) in [5.41, 5.74) is 1.20. The summed E-state index contributed by atoms with van der Waals surface area (Å²) >= 11 is 0. The van der Waals surface area contributed by atoms with Crippen molar-refractivity contribution in [1.82, 2.24) is 0 Å². The second-order valence-corrected chi connectivity index (χ2v) is 13.1. The number of ether oxygens (including phenoxy) is 1. The van der Waals surface area contributed by atoms with E-state index in [1.807, 2.05) is 18.2 Å². The van der Waals surface area contributed by atoms with Gasteiger partial charge in [0.05, 0.1) is 7.11 Å². The second kappa shape index (κ2) is 8.41. The van der Waals surface area contributed by atoms with Crippen LogP contribution in [0, 0.1) is 0 Å². The van der Waals surface area contributed by atoms with Crippen LogP contribution in [-0.2, 0) is 10.5 Å². The molecule has 0 saturated heterocycles. The number of allylic oxidation sites excluding steroid dienone is 1. The number of rotatable bonds is 9. The molecule has 1 atom stereocenters. The van der Waals surface area contributed by atoms with E-state index in [1.54, 1.807) is 13.2 Å². The van der Waals surface area contributed by atoms with Crippen LogP contribution in [0.3, 0.4) is 0 Å². The smallest absolute Gasteiger partial charge is 0.173 e. The lowest BCUT2D eigenvalue weighted by Crippen LogP contribution is -2.36. The Balaban J connectivity index is 2.46. The van der Waals surface area contributed by atoms with Crippen molar-refractivity contribution in [2.75, 3.05) is 7.11 Å². The Bertz CT molecular complexity index is 461. The van der Waals surface area contributed by atoms with Crippen molar-refractivity contribution >= 4 is 17.4 Å². The summed E-state index contributed by atoms with van der Waals surface area (Å²) in [5.74, 6) is 0.746. The van der Waals surface area contributed by atoms with E-state index in [0.717, 1.165) is 24.9 Å². The summed E-state index contributed by atoms with van der Waals surface area (Å²) in [5, 5.41) is 9.60. The van der Waals surface area contributed by atoms with Gasteiger partial charge in [0.2, 0.25) is 0 Å². The molecule has 1 aromatic rings. The van der Waals surface area contributed by atoms with Crippen molar-refractivity contribution < 1.29 is 14.0 Å². The third-order valence-corrected chi connectivity index (χ3v) is 10.2. The molecular weight excluding hydrogens is 296 g/mol. The van der Waals surface area contributed by atoms with E-state index in [-0.39, 0.29) is 5.75 Å². The van der Waals surface area contributed by atoms with Gasteiger partial charge in [0.1, 0.15) is 0 Å². The molecule has 1 aromatic carbocycles. The molecule has 21 heavy (non-hydrogen) atoms. The van der Waals surface area contributed by atoms with Gasteiger partial charge in [-0.25, -0.2) is 0 Å². The Morgan fingerprint density at radius 3 is 2.71 bits per heavy atom. The molecule has 0 aliphatic carbocycles. The number of aromatic hydroxyl groups is 1. The molecule has 1 rings (SSSR count). The zero-order chi connectivity index (χ0) is 15.9. The molecule has 118 valence electrons. The molecule has 5 heteroatoms. The van der Waals surface area contributed by atoms with Crippen LogP contribution in [0.25, 0.3) is 0 Å². The Morgan fingerprint density at radius 1 is 1.38 bits per heavy atom. The highest BCUT2D eigenvalue weighted by atomic mass is 28.4. The number of hydrogen-bond donors (Lipinski definition) is 1. The predicted octanol–water partition coefficient (Wildman–Crippen LogP) is 4.09. The SMILES string of the molecule is C=CC[SiH](C)O[Si](C)(C)CCCc1ccc(O)c(OC)c1. The monoisotopic (exact) mass is 324 g/mol. The first-order chi connectivity index (χ1) is 9.88. The molecule has 0 aromatic heterocycles. The van der Waals surface area contributed by atoms with Crippen LogP contribution in [0.2, 0.25) is 31.7 Å². The molecule has 3 nitrogen and oxygen atoms in total. The zero-order valence-electron chi connectivity index (χ0n) is 13.7. The molecule has 0 aliphatic rings. The third kappa shape index (κ3) is 6.50. The molecule has 1 N–H and O–H groups in total. The number of phenolic OH excluding ortho intramolecular Hbond substituents is 1. The van der Waals surface area contributed by atoms with Crippen molar-refractivity contribution in [1.29, 1.82) is 0 Å². The molecule has 0 spiro atoms. The van der Waals surface area contributed by atoms with E-state index < -0.39 is 17.4 Å². The molecule has 0 bridgehead atoms. The minimum atomic E-state index is -1.56. The van der Waals surface area contributed by atoms with Crippen LogP contribution < -0.4 is 4.74 Å². The Kier molecular flexibility index (Phi) is 7.21. The van der Waals surface area contributed by atoms with Crippen LogP contribution in [0.15, 0.2) is 30.9 Å². The quantitative estimate of drug-likeness (QED) is 0.549. The van der Waals surface area contributed by atoms with E-state index in [4.69, 9.17) is 8.85 Å². The molecule has 0 fully saturated rings. The van der Waals surface area contributed by atoms with Crippen LogP contribution in [0.5, 0.6) is 11.5 Å². The Labute approximate surface area is 131 Å². The van der Waals surface area contributed by atoms with Crippen molar-refractivity contribution in [2.45, 2.75) is 44.6 Å². The summed E-state index contributed by atoms with van der Waals surface area (Å²) in [6.45, 7) is 10.7. The average Bonchev–Trinajstić information content (AvgIpc) is 2.40. The van der Waals surface area contributed by atoms with Crippen molar-refractivity contribution in [3.63, 3.8) is 0 Å². The van der Waals surface area contributed by atoms with E-state index in [1.165, 1.54) is 5.56 Å². The fourth-order valence-electron chi connectivity index (χ4n) is 2.48. The van der Waals surface area contributed by atoms with Gasteiger partial charge in [-0.1, -0.05) is 12.1 Å². The van der Waals surface area contributed by atoms with Crippen LogP contribution in [0.4, 0.5) is 0 Å². The second-order valence-electron chi connectivity index (χ2n) is 6.07. The highest BCUT2D eigenvalue weighted by Crippen LogP contribution is 2.27. The summed E-state index contributed by atoms with van der Waals surface area (Å²) in [6.07, 6.45) is 4.08. The minimum Gasteiger partial charge on any atom is -0.504 e. The first-order valence-electron chi connectivity index (χ1n) is 7.52. The number of hydrogen-bond acceptors (Lipinski definition) is 3. The highest BCUT2D eigenvalue weighted by Gasteiger charge is 2.24. The average molecular weight is 325 g/mol. The van der Waals surface area contributed by atoms with Crippen molar-refractivity contribution in [3.8, 4) is 11.5 Å². The molecule has 0 heterocycles. The van der Waals surface area contributed by atoms with Crippen LogP contribution >= 0.6 is 0 Å². The van der Waals surface area contributed by atoms with E-state index in [2.05, 4.69) is 26.2 Å². The van der Waals surface area contributed by atoms with E-state index in [0.29, 0.717) is 5.75 Å². The van der Waals surface area contributed by atoms with Gasteiger partial charge in [-0.15, -0.1) is 6.58 Å². The maximum atomic E-state index is 9.60. The molecule has 0 amide bonds. The summed E-state index contributed by atoms with van der Waals surface area (Å²) < 4.78 is 11.5. The third-order valence-electron chi connectivity index (χ3n) is 3.51. The van der Waals surface area contributed by atoms with Gasteiger partial charge in [-0.05, 0) is 62.3 Å². The fourth-order valence-corrected chi connectivity index (χ4v) is 9.19. The maximum Gasteiger partial charge on any atom is 0.173 e. The number of aryl methyl sites for hydroxylation is 1. The molecule has 1 unspecified atom stereocenters. The van der Waals surface area contributed by atoms with Gasteiger partial charge in [-0.2, -0.15) is 0 Å². The van der Waals surface area contributed by atoms with E-state index >= 15 is 0 Å². The van der Waals surface area contributed by atoms with Gasteiger partial charge < -0.3 is 14.0 Å². The van der Waals surface area contributed by atoms with Gasteiger partial charge in [0.25, 0.3) is 0 Å². The molecule has 0 radical (unpaired) electrons. The van der Waals surface area contributed by atoms with Gasteiger partial charge >= 0.3 is 0 Å². The number of phenols is 1. The lowest BCUT2D eigenvalue weighted by molar-refractivity contribution is 0.373. The lowest BCUT2D eigenvalue weighted by atomic mass is 10.1. The topological polar surface area (TPSA) is 38.7 Å². The first-order valence-corrected chi connectivity index (χ1v) is 13.1. The summed E-state index contributed by atoms with van der Waals surface area (Å²) in [4.78, 5) is 0.